The van der Waals surface area contributed by atoms with Crippen molar-refractivity contribution in [2.75, 3.05) is 25.0 Å². The molecule has 0 saturated carbocycles. The van der Waals surface area contributed by atoms with Crippen molar-refractivity contribution in [3.63, 3.8) is 0 Å². The molecule has 0 radical (unpaired) electrons. The largest absolute Gasteiger partial charge is 0.384 e. The Labute approximate surface area is 108 Å². The number of anilines is 1. The minimum atomic E-state index is -3.41. The summed E-state index contributed by atoms with van der Waals surface area (Å²) in [6.45, 7) is 7.08. The van der Waals surface area contributed by atoms with Crippen LogP contribution in [0.4, 0.5) is 5.69 Å². The Morgan fingerprint density at radius 2 is 2.28 bits per heavy atom. The SMILES string of the molecule is C=CCN(CC)S(=O)(=O)c1ccc2c(c1)NCC2. The molecule has 1 aliphatic heterocycles. The third kappa shape index (κ3) is 2.28. The van der Waals surface area contributed by atoms with Gasteiger partial charge in [-0.2, -0.15) is 4.31 Å². The maximum absolute atomic E-state index is 12.4. The second-order valence-electron chi connectivity index (χ2n) is 4.24. The van der Waals surface area contributed by atoms with Gasteiger partial charge in [-0.25, -0.2) is 8.42 Å². The molecule has 18 heavy (non-hydrogen) atoms. The average molecular weight is 266 g/mol. The van der Waals surface area contributed by atoms with E-state index in [0.717, 1.165) is 18.7 Å². The summed E-state index contributed by atoms with van der Waals surface area (Å²) in [5, 5.41) is 3.20. The van der Waals surface area contributed by atoms with Crippen LogP contribution in [0.1, 0.15) is 12.5 Å². The molecule has 1 aliphatic rings. The van der Waals surface area contributed by atoms with Gasteiger partial charge < -0.3 is 5.32 Å². The summed E-state index contributed by atoms with van der Waals surface area (Å²) in [5.74, 6) is 0. The lowest BCUT2D eigenvalue weighted by Crippen LogP contribution is -2.31. The van der Waals surface area contributed by atoms with Gasteiger partial charge >= 0.3 is 0 Å². The number of sulfonamides is 1. The first-order valence-corrected chi connectivity index (χ1v) is 7.51. The molecule has 1 N–H and O–H groups in total. The van der Waals surface area contributed by atoms with Crippen LogP contribution in [0, 0.1) is 0 Å². The molecule has 0 atom stereocenters. The number of rotatable bonds is 5. The minimum Gasteiger partial charge on any atom is -0.384 e. The van der Waals surface area contributed by atoms with Crippen LogP contribution in [0.2, 0.25) is 0 Å². The number of likely N-dealkylation sites (N-methyl/N-ethyl adjacent to an activating group) is 1. The molecule has 98 valence electrons. The Balaban J connectivity index is 2.37. The summed E-state index contributed by atoms with van der Waals surface area (Å²) in [4.78, 5) is 0.347. The molecule has 1 heterocycles. The van der Waals surface area contributed by atoms with Crippen molar-refractivity contribution in [1.82, 2.24) is 4.31 Å². The average Bonchev–Trinajstić information content (AvgIpc) is 2.82. The highest BCUT2D eigenvalue weighted by atomic mass is 32.2. The Morgan fingerprint density at radius 3 is 2.94 bits per heavy atom. The predicted molar refractivity (Wildman–Crippen MR) is 73.3 cm³/mol. The summed E-state index contributed by atoms with van der Waals surface area (Å²) in [6, 6.07) is 5.31. The normalized spacial score (nSPS) is 14.3. The van der Waals surface area contributed by atoms with E-state index in [0.29, 0.717) is 18.0 Å². The number of fused-ring (bicyclic) bond motifs is 1. The maximum Gasteiger partial charge on any atom is 0.243 e. The molecule has 4 nitrogen and oxygen atoms in total. The Bertz CT molecular complexity index is 552. The molecule has 0 unspecified atom stereocenters. The highest BCUT2D eigenvalue weighted by Gasteiger charge is 2.23. The Kier molecular flexibility index (Phi) is 3.73. The van der Waals surface area contributed by atoms with E-state index in [9.17, 15) is 8.42 Å². The number of hydrogen-bond acceptors (Lipinski definition) is 3. The van der Waals surface area contributed by atoms with Crippen molar-refractivity contribution in [1.29, 1.82) is 0 Å². The molecule has 0 fully saturated rings. The number of hydrogen-bond donors (Lipinski definition) is 1. The van der Waals surface area contributed by atoms with E-state index < -0.39 is 10.0 Å². The monoisotopic (exact) mass is 266 g/mol. The van der Waals surface area contributed by atoms with Gasteiger partial charge in [-0.15, -0.1) is 6.58 Å². The highest BCUT2D eigenvalue weighted by molar-refractivity contribution is 7.89. The Morgan fingerprint density at radius 1 is 1.50 bits per heavy atom. The molecule has 2 rings (SSSR count). The van der Waals surface area contributed by atoms with E-state index in [4.69, 9.17) is 0 Å². The third-order valence-corrected chi connectivity index (χ3v) is 5.05. The van der Waals surface area contributed by atoms with Crippen LogP contribution in [0.15, 0.2) is 35.7 Å². The summed E-state index contributed by atoms with van der Waals surface area (Å²) in [5.41, 5.74) is 2.12. The van der Waals surface area contributed by atoms with Crippen molar-refractivity contribution < 1.29 is 8.42 Å². The zero-order valence-corrected chi connectivity index (χ0v) is 11.3. The summed E-state index contributed by atoms with van der Waals surface area (Å²) in [6.07, 6.45) is 2.56. The third-order valence-electron chi connectivity index (χ3n) is 3.11. The quantitative estimate of drug-likeness (QED) is 0.827. The standard InChI is InChI=1S/C13H18N2O2S/c1-3-9-15(4-2)18(16,17)12-6-5-11-7-8-14-13(11)10-12/h3,5-6,10,14H,1,4,7-9H2,2H3. The topological polar surface area (TPSA) is 49.4 Å². The lowest BCUT2D eigenvalue weighted by molar-refractivity contribution is 0.460. The molecule has 1 aromatic rings. The van der Waals surface area contributed by atoms with Crippen LogP contribution in [0.3, 0.4) is 0 Å². The fraction of sp³-hybridized carbons (Fsp3) is 0.385. The van der Waals surface area contributed by atoms with E-state index >= 15 is 0 Å². The van der Waals surface area contributed by atoms with Gasteiger partial charge in [0.05, 0.1) is 4.90 Å². The predicted octanol–water partition coefficient (Wildman–Crippen LogP) is 1.85. The fourth-order valence-corrected chi connectivity index (χ4v) is 3.57. The van der Waals surface area contributed by atoms with Crippen LogP contribution in [-0.2, 0) is 16.4 Å². The van der Waals surface area contributed by atoms with Gasteiger partial charge in [-0.3, -0.25) is 0 Å². The van der Waals surface area contributed by atoms with Gasteiger partial charge in [0, 0.05) is 25.3 Å². The van der Waals surface area contributed by atoms with Crippen molar-refractivity contribution in [3.8, 4) is 0 Å². The van der Waals surface area contributed by atoms with Crippen LogP contribution in [-0.4, -0.2) is 32.4 Å². The van der Waals surface area contributed by atoms with Crippen LogP contribution in [0.25, 0.3) is 0 Å². The first-order chi connectivity index (χ1) is 8.59. The molecule has 0 aromatic heterocycles. The van der Waals surface area contributed by atoms with Gasteiger partial charge in [0.1, 0.15) is 0 Å². The van der Waals surface area contributed by atoms with Crippen LogP contribution in [0.5, 0.6) is 0 Å². The lowest BCUT2D eigenvalue weighted by atomic mass is 10.2. The van der Waals surface area contributed by atoms with Gasteiger partial charge in [-0.1, -0.05) is 19.1 Å². The van der Waals surface area contributed by atoms with E-state index in [1.165, 1.54) is 9.87 Å². The second kappa shape index (κ2) is 5.12. The first-order valence-electron chi connectivity index (χ1n) is 6.07. The minimum absolute atomic E-state index is 0.337. The molecule has 0 spiro atoms. The van der Waals surface area contributed by atoms with Crippen molar-refractivity contribution >= 4 is 15.7 Å². The van der Waals surface area contributed by atoms with E-state index in [-0.39, 0.29) is 0 Å². The Hall–Kier alpha value is -1.33. The number of nitrogens with one attached hydrogen (secondary N) is 1. The van der Waals surface area contributed by atoms with E-state index in [1.54, 1.807) is 18.2 Å². The number of nitrogens with zero attached hydrogens (tertiary/aromatic N) is 1. The second-order valence-corrected chi connectivity index (χ2v) is 6.18. The van der Waals surface area contributed by atoms with Gasteiger partial charge in [0.15, 0.2) is 0 Å². The van der Waals surface area contributed by atoms with Crippen molar-refractivity contribution in [2.45, 2.75) is 18.2 Å². The molecule has 0 aliphatic carbocycles. The molecular weight excluding hydrogens is 248 g/mol. The van der Waals surface area contributed by atoms with Gasteiger partial charge in [0.25, 0.3) is 0 Å². The van der Waals surface area contributed by atoms with Crippen molar-refractivity contribution in [2.24, 2.45) is 0 Å². The van der Waals surface area contributed by atoms with Crippen LogP contribution >= 0.6 is 0 Å². The molecule has 0 saturated heterocycles. The maximum atomic E-state index is 12.4. The zero-order valence-electron chi connectivity index (χ0n) is 10.5. The smallest absolute Gasteiger partial charge is 0.243 e. The van der Waals surface area contributed by atoms with Gasteiger partial charge in [0.2, 0.25) is 10.0 Å². The van der Waals surface area contributed by atoms with E-state index in [2.05, 4.69) is 11.9 Å². The zero-order chi connectivity index (χ0) is 13.2. The highest BCUT2D eigenvalue weighted by Crippen LogP contribution is 2.26. The molecule has 5 heteroatoms. The van der Waals surface area contributed by atoms with Crippen molar-refractivity contribution in [3.05, 3.63) is 36.4 Å². The molecule has 1 aromatic carbocycles. The lowest BCUT2D eigenvalue weighted by Gasteiger charge is -2.19. The van der Waals surface area contributed by atoms with Crippen LogP contribution < -0.4 is 5.32 Å². The summed E-state index contributed by atoms with van der Waals surface area (Å²) >= 11 is 0. The fourth-order valence-electron chi connectivity index (χ4n) is 2.12. The summed E-state index contributed by atoms with van der Waals surface area (Å²) < 4.78 is 26.2. The molecule has 0 amide bonds. The molecule has 0 bridgehead atoms. The van der Waals surface area contributed by atoms with Gasteiger partial charge in [-0.05, 0) is 24.1 Å². The molecular formula is C13H18N2O2S. The first kappa shape index (κ1) is 13.1. The number of benzene rings is 1. The summed E-state index contributed by atoms with van der Waals surface area (Å²) in [7, 11) is -3.41. The van der Waals surface area contributed by atoms with E-state index in [1.807, 2.05) is 13.0 Å².